The van der Waals surface area contributed by atoms with Crippen LogP contribution in [0.5, 0.6) is 0 Å². The van der Waals surface area contributed by atoms with Crippen LogP contribution in [0.1, 0.15) is 11.4 Å². The summed E-state index contributed by atoms with van der Waals surface area (Å²) in [4.78, 5) is 8.49. The minimum absolute atomic E-state index is 0.171. The van der Waals surface area contributed by atoms with Crippen LogP contribution >= 0.6 is 11.8 Å². The number of anilines is 1. The lowest BCUT2D eigenvalue weighted by Gasteiger charge is -2.10. The average Bonchev–Trinajstić information content (AvgIpc) is 2.37. The van der Waals surface area contributed by atoms with Crippen LogP contribution in [0.3, 0.4) is 0 Å². The predicted octanol–water partition coefficient (Wildman–Crippen LogP) is 2.81. The molecule has 1 heterocycles. The number of hydrazine groups is 1. The lowest BCUT2D eigenvalue weighted by atomic mass is 10.3. The maximum atomic E-state index is 13.6. The summed E-state index contributed by atoms with van der Waals surface area (Å²) in [7, 11) is 0. The Kier molecular flexibility index (Phi) is 3.96. The summed E-state index contributed by atoms with van der Waals surface area (Å²) in [6.45, 7) is 3.46. The molecule has 0 radical (unpaired) electrons. The van der Waals surface area contributed by atoms with Crippen molar-refractivity contribution in [3.63, 3.8) is 0 Å². The van der Waals surface area contributed by atoms with E-state index in [-0.39, 0.29) is 4.90 Å². The molecule has 0 saturated carbocycles. The number of aryl methyl sites for hydroxylation is 1. The molecule has 0 fully saturated rings. The Morgan fingerprint density at radius 1 is 1.21 bits per heavy atom. The molecule has 4 nitrogen and oxygen atoms in total. The Balaban J connectivity index is 2.43. The maximum absolute atomic E-state index is 13.6. The summed E-state index contributed by atoms with van der Waals surface area (Å²) in [6.07, 6.45) is 0. The lowest BCUT2D eigenvalue weighted by molar-refractivity contribution is 0.577. The van der Waals surface area contributed by atoms with Crippen molar-refractivity contribution < 1.29 is 8.78 Å². The normalized spacial score (nSPS) is 10.6. The third-order valence-electron chi connectivity index (χ3n) is 2.45. The largest absolute Gasteiger partial charge is 0.308 e. The van der Waals surface area contributed by atoms with Crippen LogP contribution in [0, 0.1) is 25.5 Å². The van der Waals surface area contributed by atoms with E-state index in [1.807, 2.05) is 0 Å². The highest BCUT2D eigenvalue weighted by molar-refractivity contribution is 7.99. The van der Waals surface area contributed by atoms with Gasteiger partial charge in [0.1, 0.15) is 28.3 Å². The number of nitrogens with one attached hydrogen (secondary N) is 1. The van der Waals surface area contributed by atoms with Gasteiger partial charge in [0.05, 0.1) is 4.90 Å². The van der Waals surface area contributed by atoms with Crippen molar-refractivity contribution in [1.29, 1.82) is 0 Å². The number of aromatic nitrogens is 2. The summed E-state index contributed by atoms with van der Waals surface area (Å²) >= 11 is 1.04. The monoisotopic (exact) mass is 282 g/mol. The van der Waals surface area contributed by atoms with Crippen LogP contribution in [0.4, 0.5) is 14.6 Å². The zero-order valence-electron chi connectivity index (χ0n) is 10.4. The highest BCUT2D eigenvalue weighted by Crippen LogP contribution is 2.32. The summed E-state index contributed by atoms with van der Waals surface area (Å²) in [5, 5.41) is 0.532. The zero-order valence-corrected chi connectivity index (χ0v) is 11.2. The molecule has 1 aromatic carbocycles. The molecule has 0 atom stereocenters. The molecule has 0 spiro atoms. The van der Waals surface area contributed by atoms with Gasteiger partial charge in [0.2, 0.25) is 0 Å². The van der Waals surface area contributed by atoms with Crippen molar-refractivity contribution in [2.45, 2.75) is 23.8 Å². The molecule has 0 unspecified atom stereocenters. The van der Waals surface area contributed by atoms with E-state index in [0.717, 1.165) is 30.0 Å². The number of nitrogens with zero attached hydrogens (tertiary/aromatic N) is 2. The summed E-state index contributed by atoms with van der Waals surface area (Å²) in [6, 6.07) is 3.29. The molecule has 0 aliphatic heterocycles. The lowest BCUT2D eigenvalue weighted by Crippen LogP contribution is -2.12. The van der Waals surface area contributed by atoms with Gasteiger partial charge in [0, 0.05) is 5.56 Å². The fraction of sp³-hybridized carbons (Fsp3) is 0.167. The van der Waals surface area contributed by atoms with Gasteiger partial charge >= 0.3 is 0 Å². The van der Waals surface area contributed by atoms with E-state index in [9.17, 15) is 8.78 Å². The van der Waals surface area contributed by atoms with Gasteiger partial charge < -0.3 is 5.43 Å². The molecule has 19 heavy (non-hydrogen) atoms. The van der Waals surface area contributed by atoms with Crippen LogP contribution in [0.15, 0.2) is 28.1 Å². The minimum Gasteiger partial charge on any atom is -0.308 e. The van der Waals surface area contributed by atoms with Gasteiger partial charge in [-0.25, -0.2) is 24.6 Å². The van der Waals surface area contributed by atoms with Crippen molar-refractivity contribution in [3.05, 3.63) is 41.2 Å². The van der Waals surface area contributed by atoms with Crippen molar-refractivity contribution in [3.8, 4) is 0 Å². The molecular weight excluding hydrogens is 270 g/mol. The van der Waals surface area contributed by atoms with Gasteiger partial charge in [-0.2, -0.15) is 0 Å². The van der Waals surface area contributed by atoms with E-state index in [0.29, 0.717) is 22.2 Å². The second-order valence-electron chi connectivity index (χ2n) is 3.87. The first-order valence-electron chi connectivity index (χ1n) is 5.46. The molecule has 1 aromatic heterocycles. The number of hydrogen-bond donors (Lipinski definition) is 2. The Bertz CT molecular complexity index is 619. The molecule has 2 rings (SSSR count). The molecular formula is C12H12F2N4S. The van der Waals surface area contributed by atoms with Crippen LogP contribution in [-0.4, -0.2) is 9.97 Å². The second-order valence-corrected chi connectivity index (χ2v) is 4.90. The Morgan fingerprint density at radius 3 is 2.63 bits per heavy atom. The van der Waals surface area contributed by atoms with Gasteiger partial charge in [0.15, 0.2) is 0 Å². The van der Waals surface area contributed by atoms with E-state index < -0.39 is 11.6 Å². The Morgan fingerprint density at radius 2 is 1.95 bits per heavy atom. The van der Waals surface area contributed by atoms with E-state index in [4.69, 9.17) is 5.84 Å². The van der Waals surface area contributed by atoms with Crippen molar-refractivity contribution in [2.75, 3.05) is 5.43 Å². The van der Waals surface area contributed by atoms with Gasteiger partial charge in [-0.05, 0) is 32.0 Å². The minimum atomic E-state index is -0.496. The molecule has 0 amide bonds. The summed E-state index contributed by atoms with van der Waals surface area (Å²) in [5.74, 6) is 5.32. The summed E-state index contributed by atoms with van der Waals surface area (Å²) < 4.78 is 26.7. The third-order valence-corrected chi connectivity index (χ3v) is 3.57. The van der Waals surface area contributed by atoms with Gasteiger partial charge in [-0.15, -0.1) is 0 Å². The van der Waals surface area contributed by atoms with Crippen LogP contribution in [0.2, 0.25) is 0 Å². The molecule has 0 aliphatic rings. The van der Waals surface area contributed by atoms with Crippen LogP contribution in [-0.2, 0) is 0 Å². The first kappa shape index (κ1) is 13.7. The highest BCUT2D eigenvalue weighted by Gasteiger charge is 2.13. The topological polar surface area (TPSA) is 63.8 Å². The predicted molar refractivity (Wildman–Crippen MR) is 69.8 cm³/mol. The van der Waals surface area contributed by atoms with E-state index in [1.54, 1.807) is 13.8 Å². The smallest absolute Gasteiger partial charge is 0.147 e. The molecule has 0 saturated heterocycles. The number of hydrogen-bond acceptors (Lipinski definition) is 5. The number of benzene rings is 1. The van der Waals surface area contributed by atoms with Gasteiger partial charge in [-0.3, -0.25) is 0 Å². The molecule has 3 N–H and O–H groups in total. The first-order valence-corrected chi connectivity index (χ1v) is 6.27. The van der Waals surface area contributed by atoms with E-state index >= 15 is 0 Å². The third kappa shape index (κ3) is 2.99. The Labute approximate surface area is 113 Å². The molecule has 0 bridgehead atoms. The van der Waals surface area contributed by atoms with Gasteiger partial charge in [0.25, 0.3) is 0 Å². The maximum Gasteiger partial charge on any atom is 0.147 e. The van der Waals surface area contributed by atoms with E-state index in [2.05, 4.69) is 15.4 Å². The van der Waals surface area contributed by atoms with Crippen LogP contribution < -0.4 is 11.3 Å². The SMILES string of the molecule is Cc1nc(NN)c(C)c(Sc2cc(F)ccc2F)n1. The number of halogens is 2. The number of nitrogens with two attached hydrogens (primary N) is 1. The van der Waals surface area contributed by atoms with Crippen LogP contribution in [0.25, 0.3) is 0 Å². The van der Waals surface area contributed by atoms with Crippen molar-refractivity contribution in [1.82, 2.24) is 9.97 Å². The van der Waals surface area contributed by atoms with Gasteiger partial charge in [-0.1, -0.05) is 11.8 Å². The quantitative estimate of drug-likeness (QED) is 0.515. The fourth-order valence-corrected chi connectivity index (χ4v) is 2.48. The van der Waals surface area contributed by atoms with Crippen molar-refractivity contribution >= 4 is 17.6 Å². The zero-order chi connectivity index (χ0) is 14.0. The molecule has 0 aliphatic carbocycles. The summed E-state index contributed by atoms with van der Waals surface area (Å²) in [5.41, 5.74) is 3.14. The van der Waals surface area contributed by atoms with E-state index in [1.165, 1.54) is 0 Å². The highest BCUT2D eigenvalue weighted by atomic mass is 32.2. The first-order chi connectivity index (χ1) is 9.01. The molecule has 2 aromatic rings. The standard InChI is InChI=1S/C12H12F2N4S/c1-6-11(18-15)16-7(2)17-12(6)19-10-5-8(13)3-4-9(10)14/h3-5H,15H2,1-2H3,(H,16,17,18). The number of nitrogen functional groups attached to an aromatic ring is 1. The molecule has 7 heteroatoms. The second kappa shape index (κ2) is 5.50. The Hall–Kier alpha value is -1.73. The van der Waals surface area contributed by atoms with Crippen molar-refractivity contribution in [2.24, 2.45) is 5.84 Å². The average molecular weight is 282 g/mol. The fourth-order valence-electron chi connectivity index (χ4n) is 1.50. The number of rotatable bonds is 3. The molecule has 100 valence electrons.